The summed E-state index contributed by atoms with van der Waals surface area (Å²) >= 11 is 5.88. The number of anilines is 1. The summed E-state index contributed by atoms with van der Waals surface area (Å²) in [5, 5.41) is 4.45. The number of aryl methyl sites for hydroxylation is 1. The Morgan fingerprint density at radius 2 is 1.83 bits per heavy atom. The molecule has 0 aliphatic heterocycles. The molecule has 4 aromatic rings. The molecule has 4 nitrogen and oxygen atoms in total. The molecule has 0 radical (unpaired) electrons. The molecule has 1 atom stereocenters. The average Bonchev–Trinajstić information content (AvgIpc) is 2.72. The maximum absolute atomic E-state index is 13.1. The van der Waals surface area contributed by atoms with E-state index in [2.05, 4.69) is 16.4 Å². The molecule has 0 spiro atoms. The van der Waals surface area contributed by atoms with Crippen molar-refractivity contribution in [2.75, 3.05) is 5.32 Å². The highest BCUT2D eigenvalue weighted by Gasteiger charge is 2.18. The number of halogens is 1. The lowest BCUT2D eigenvalue weighted by atomic mass is 9.99. The molecule has 0 saturated heterocycles. The van der Waals surface area contributed by atoms with Gasteiger partial charge in [-0.25, -0.2) is 4.98 Å². The quantitative estimate of drug-likeness (QED) is 0.405. The molecular weight excluding hydrogens is 384 g/mol. The molecule has 4 rings (SSSR count). The predicted octanol–water partition coefficient (Wildman–Crippen LogP) is 6.30. The zero-order valence-corrected chi connectivity index (χ0v) is 17.2. The van der Waals surface area contributed by atoms with Gasteiger partial charge in [-0.15, -0.1) is 0 Å². The molecule has 2 heterocycles. The van der Waals surface area contributed by atoms with Gasteiger partial charge in [0.2, 0.25) is 0 Å². The largest absolute Gasteiger partial charge is 0.455 e. The lowest BCUT2D eigenvalue weighted by Crippen LogP contribution is -2.12. The number of hydrogen-bond donors (Lipinski definition) is 1. The number of aromatic nitrogens is 1. The van der Waals surface area contributed by atoms with Gasteiger partial charge in [-0.05, 0) is 44.5 Å². The van der Waals surface area contributed by atoms with Gasteiger partial charge in [-0.3, -0.25) is 4.79 Å². The summed E-state index contributed by atoms with van der Waals surface area (Å²) in [5.41, 5.74) is 4.87. The summed E-state index contributed by atoms with van der Waals surface area (Å²) < 4.78 is 6.35. The van der Waals surface area contributed by atoms with E-state index >= 15 is 0 Å². The first-order valence-corrected chi connectivity index (χ1v) is 9.83. The molecule has 0 aliphatic rings. The number of nitrogens with zero attached hydrogens (tertiary/aromatic N) is 1. The first-order chi connectivity index (χ1) is 13.9. The molecule has 0 saturated carbocycles. The van der Waals surface area contributed by atoms with Gasteiger partial charge in [0.15, 0.2) is 5.43 Å². The maximum Gasteiger partial charge on any atom is 0.196 e. The van der Waals surface area contributed by atoms with Crippen molar-refractivity contribution in [1.82, 2.24) is 4.98 Å². The number of hydrogen-bond acceptors (Lipinski definition) is 4. The van der Waals surface area contributed by atoms with Gasteiger partial charge in [-0.2, -0.15) is 0 Å². The highest BCUT2D eigenvalue weighted by Crippen LogP contribution is 2.32. The lowest BCUT2D eigenvalue weighted by molar-refractivity contribution is 0.605. The SMILES string of the molecule is Cc1cc([C@@H](C)Nc2ccc(Cl)nc2)c2oc(-c3ccccc3)c(C)c(=O)c2c1. The molecule has 2 aromatic heterocycles. The van der Waals surface area contributed by atoms with E-state index in [0.29, 0.717) is 27.4 Å². The third kappa shape index (κ3) is 3.76. The van der Waals surface area contributed by atoms with E-state index in [9.17, 15) is 4.79 Å². The van der Waals surface area contributed by atoms with Crippen LogP contribution in [0.5, 0.6) is 0 Å². The van der Waals surface area contributed by atoms with Crippen molar-refractivity contribution in [2.24, 2.45) is 0 Å². The third-order valence-corrected chi connectivity index (χ3v) is 5.23. The maximum atomic E-state index is 13.1. The Balaban J connectivity index is 1.88. The summed E-state index contributed by atoms with van der Waals surface area (Å²) in [7, 11) is 0. The summed E-state index contributed by atoms with van der Waals surface area (Å²) in [6.45, 7) is 5.83. The van der Waals surface area contributed by atoms with Gasteiger partial charge in [-0.1, -0.05) is 48.0 Å². The molecule has 0 amide bonds. The minimum atomic E-state index is -0.102. The van der Waals surface area contributed by atoms with Crippen LogP contribution in [0.4, 0.5) is 5.69 Å². The van der Waals surface area contributed by atoms with Crippen molar-refractivity contribution in [3.05, 3.63) is 92.9 Å². The smallest absolute Gasteiger partial charge is 0.196 e. The Kier molecular flexibility index (Phi) is 5.12. The van der Waals surface area contributed by atoms with Crippen LogP contribution in [0, 0.1) is 13.8 Å². The highest BCUT2D eigenvalue weighted by molar-refractivity contribution is 6.29. The van der Waals surface area contributed by atoms with Gasteiger partial charge in [0.1, 0.15) is 16.5 Å². The minimum absolute atomic E-state index is 0.00425. The van der Waals surface area contributed by atoms with Crippen molar-refractivity contribution in [1.29, 1.82) is 0 Å². The number of benzene rings is 2. The van der Waals surface area contributed by atoms with Gasteiger partial charge in [0, 0.05) is 16.7 Å². The molecule has 0 aliphatic carbocycles. The topological polar surface area (TPSA) is 55.1 Å². The van der Waals surface area contributed by atoms with Crippen LogP contribution >= 0.6 is 11.6 Å². The Bertz CT molecular complexity index is 1230. The van der Waals surface area contributed by atoms with Gasteiger partial charge >= 0.3 is 0 Å². The van der Waals surface area contributed by atoms with E-state index in [1.807, 2.05) is 63.2 Å². The second-order valence-electron chi connectivity index (χ2n) is 7.22. The summed E-state index contributed by atoms with van der Waals surface area (Å²) in [6.07, 6.45) is 1.69. The molecular formula is C24H21ClN2O2. The average molecular weight is 405 g/mol. The van der Waals surface area contributed by atoms with Crippen molar-refractivity contribution in [2.45, 2.75) is 26.8 Å². The standard InChI is InChI=1S/C24H21ClN2O2/c1-14-11-19(16(3)27-18-9-10-21(25)26-13-18)24-20(12-14)22(28)15(2)23(29-24)17-7-5-4-6-8-17/h4-13,16,27H,1-3H3/t16-/m1/s1. The molecule has 1 N–H and O–H groups in total. The van der Waals surface area contributed by atoms with Crippen LogP contribution in [0.25, 0.3) is 22.3 Å². The van der Waals surface area contributed by atoms with Gasteiger partial charge < -0.3 is 9.73 Å². The van der Waals surface area contributed by atoms with E-state index < -0.39 is 0 Å². The summed E-state index contributed by atoms with van der Waals surface area (Å²) in [4.78, 5) is 17.3. The van der Waals surface area contributed by atoms with Crippen molar-refractivity contribution >= 4 is 28.3 Å². The highest BCUT2D eigenvalue weighted by atomic mass is 35.5. The van der Waals surface area contributed by atoms with E-state index in [4.69, 9.17) is 16.0 Å². The van der Waals surface area contributed by atoms with Gasteiger partial charge in [0.25, 0.3) is 0 Å². The Hall–Kier alpha value is -3.11. The fourth-order valence-electron chi connectivity index (χ4n) is 3.54. The Morgan fingerprint density at radius 1 is 1.07 bits per heavy atom. The summed E-state index contributed by atoms with van der Waals surface area (Å²) in [5.74, 6) is 0.605. The number of nitrogens with one attached hydrogen (secondary N) is 1. The number of rotatable bonds is 4. The first kappa shape index (κ1) is 19.2. The van der Waals surface area contributed by atoms with Crippen LogP contribution in [0.2, 0.25) is 5.15 Å². The van der Waals surface area contributed by atoms with Crippen LogP contribution in [0.3, 0.4) is 0 Å². The zero-order valence-electron chi connectivity index (χ0n) is 16.5. The molecule has 0 unspecified atom stereocenters. The number of pyridine rings is 1. The summed E-state index contributed by atoms with van der Waals surface area (Å²) in [6, 6.07) is 17.2. The Labute approximate surface area is 174 Å². The molecule has 29 heavy (non-hydrogen) atoms. The second-order valence-corrected chi connectivity index (χ2v) is 7.61. The van der Waals surface area contributed by atoms with Crippen molar-refractivity contribution < 1.29 is 4.42 Å². The van der Waals surface area contributed by atoms with E-state index in [1.54, 1.807) is 12.3 Å². The zero-order chi connectivity index (χ0) is 20.5. The van der Waals surface area contributed by atoms with Crippen LogP contribution in [0.1, 0.15) is 29.7 Å². The molecule has 0 bridgehead atoms. The molecule has 0 fully saturated rings. The van der Waals surface area contributed by atoms with Crippen LogP contribution in [-0.4, -0.2) is 4.98 Å². The van der Waals surface area contributed by atoms with Crippen molar-refractivity contribution in [3.63, 3.8) is 0 Å². The fraction of sp³-hybridized carbons (Fsp3) is 0.167. The van der Waals surface area contributed by atoms with Crippen molar-refractivity contribution in [3.8, 4) is 11.3 Å². The fourth-order valence-corrected chi connectivity index (χ4v) is 3.65. The number of fused-ring (bicyclic) bond motifs is 1. The lowest BCUT2D eigenvalue weighted by Gasteiger charge is -2.18. The van der Waals surface area contributed by atoms with Crippen LogP contribution in [0.15, 0.2) is 70.0 Å². The van der Waals surface area contributed by atoms with E-state index in [0.717, 1.165) is 22.4 Å². The predicted molar refractivity (Wildman–Crippen MR) is 119 cm³/mol. The monoisotopic (exact) mass is 404 g/mol. The first-order valence-electron chi connectivity index (χ1n) is 9.45. The van der Waals surface area contributed by atoms with E-state index in [1.165, 1.54) is 0 Å². The van der Waals surface area contributed by atoms with Crippen LogP contribution in [-0.2, 0) is 0 Å². The van der Waals surface area contributed by atoms with E-state index in [-0.39, 0.29) is 11.5 Å². The third-order valence-electron chi connectivity index (χ3n) is 5.00. The molecule has 146 valence electrons. The van der Waals surface area contributed by atoms with Crippen LogP contribution < -0.4 is 10.7 Å². The van der Waals surface area contributed by atoms with Gasteiger partial charge in [0.05, 0.1) is 23.3 Å². The normalized spacial score (nSPS) is 12.1. The molecule has 2 aromatic carbocycles. The second kappa shape index (κ2) is 7.72. The minimum Gasteiger partial charge on any atom is -0.455 e. The molecule has 5 heteroatoms. The Morgan fingerprint density at radius 3 is 2.52 bits per heavy atom.